The number of pyridine rings is 1. The van der Waals surface area contributed by atoms with Crippen molar-refractivity contribution < 1.29 is 4.74 Å². The smallest absolute Gasteiger partial charge is 0.148 e. The molecule has 144 valence electrons. The lowest BCUT2D eigenvalue weighted by atomic mass is 10.1. The molecule has 0 radical (unpaired) electrons. The first kappa shape index (κ1) is 18.7. The van der Waals surface area contributed by atoms with Gasteiger partial charge in [0, 0.05) is 31.1 Å². The van der Waals surface area contributed by atoms with E-state index in [2.05, 4.69) is 26.7 Å². The summed E-state index contributed by atoms with van der Waals surface area (Å²) in [6.45, 7) is 1.47. The predicted molar refractivity (Wildman–Crippen MR) is 115 cm³/mol. The monoisotopic (exact) mass is 394 g/mol. The van der Waals surface area contributed by atoms with Gasteiger partial charge in [-0.3, -0.25) is 4.99 Å². The van der Waals surface area contributed by atoms with Crippen molar-refractivity contribution in [1.82, 2.24) is 9.55 Å². The Kier molecular flexibility index (Phi) is 5.74. The molecule has 1 aliphatic heterocycles. The molecule has 5 nitrogen and oxygen atoms in total. The SMILES string of the molecule is NC=C(C=NC1CCCCO1)c1cc2nc(Cl)ccc2n1Cc1ccccc1. The van der Waals surface area contributed by atoms with Crippen molar-refractivity contribution in [2.75, 3.05) is 6.61 Å². The summed E-state index contributed by atoms with van der Waals surface area (Å²) in [6, 6.07) is 16.1. The van der Waals surface area contributed by atoms with Crippen LogP contribution in [0.4, 0.5) is 0 Å². The number of nitrogens with zero attached hydrogens (tertiary/aromatic N) is 3. The van der Waals surface area contributed by atoms with E-state index >= 15 is 0 Å². The predicted octanol–water partition coefficient (Wildman–Crippen LogP) is 4.64. The number of halogens is 1. The fourth-order valence-corrected chi connectivity index (χ4v) is 3.64. The largest absolute Gasteiger partial charge is 0.404 e. The lowest BCUT2D eigenvalue weighted by Crippen LogP contribution is -2.17. The van der Waals surface area contributed by atoms with Crippen LogP contribution in [-0.2, 0) is 11.3 Å². The summed E-state index contributed by atoms with van der Waals surface area (Å²) in [5.74, 6) is 0. The van der Waals surface area contributed by atoms with Gasteiger partial charge in [0.1, 0.15) is 11.4 Å². The van der Waals surface area contributed by atoms with Gasteiger partial charge in [0.15, 0.2) is 0 Å². The third-order valence-electron chi connectivity index (χ3n) is 4.92. The molecule has 1 aromatic carbocycles. The Morgan fingerprint density at radius 2 is 2.11 bits per heavy atom. The van der Waals surface area contributed by atoms with Crippen molar-refractivity contribution >= 4 is 34.4 Å². The van der Waals surface area contributed by atoms with Crippen LogP contribution in [-0.4, -0.2) is 28.6 Å². The maximum Gasteiger partial charge on any atom is 0.148 e. The van der Waals surface area contributed by atoms with E-state index < -0.39 is 0 Å². The molecule has 1 fully saturated rings. The van der Waals surface area contributed by atoms with E-state index in [1.54, 1.807) is 6.20 Å². The van der Waals surface area contributed by atoms with Gasteiger partial charge in [-0.1, -0.05) is 41.9 Å². The molecular formula is C22H23ClN4O. The zero-order valence-corrected chi connectivity index (χ0v) is 16.3. The number of hydrogen-bond donors (Lipinski definition) is 1. The Labute approximate surface area is 169 Å². The maximum absolute atomic E-state index is 6.11. The number of ether oxygens (including phenoxy) is 1. The average Bonchev–Trinajstić information content (AvgIpc) is 3.07. The second-order valence-electron chi connectivity index (χ2n) is 6.86. The zero-order valence-electron chi connectivity index (χ0n) is 15.6. The van der Waals surface area contributed by atoms with Crippen LogP contribution in [0.25, 0.3) is 16.6 Å². The summed E-state index contributed by atoms with van der Waals surface area (Å²) in [5, 5.41) is 0.471. The van der Waals surface area contributed by atoms with Crippen molar-refractivity contribution in [3.63, 3.8) is 0 Å². The normalized spacial score (nSPS) is 18.2. The molecule has 28 heavy (non-hydrogen) atoms. The lowest BCUT2D eigenvalue weighted by molar-refractivity contribution is 0.0227. The standard InChI is InChI=1S/C22H23ClN4O/c23-21-10-9-19-18(26-21)12-20(27(19)15-16-6-2-1-3-7-16)17(13-24)14-25-22-8-4-5-11-28-22/h1-3,6-7,9-10,12-14,22H,4-5,8,11,15,24H2. The van der Waals surface area contributed by atoms with E-state index in [0.29, 0.717) is 11.7 Å². The molecule has 3 heterocycles. The first-order valence-electron chi connectivity index (χ1n) is 9.51. The summed E-state index contributed by atoms with van der Waals surface area (Å²) < 4.78 is 7.90. The summed E-state index contributed by atoms with van der Waals surface area (Å²) in [6.07, 6.45) is 6.49. The summed E-state index contributed by atoms with van der Waals surface area (Å²) >= 11 is 6.11. The highest BCUT2D eigenvalue weighted by Crippen LogP contribution is 2.26. The molecule has 1 unspecified atom stereocenters. The molecule has 0 amide bonds. The number of benzene rings is 1. The van der Waals surface area contributed by atoms with Crippen LogP contribution < -0.4 is 5.73 Å². The molecule has 0 saturated carbocycles. The number of aromatic nitrogens is 2. The van der Waals surface area contributed by atoms with E-state index in [9.17, 15) is 0 Å². The highest BCUT2D eigenvalue weighted by Gasteiger charge is 2.15. The van der Waals surface area contributed by atoms with Crippen LogP contribution in [0.1, 0.15) is 30.5 Å². The van der Waals surface area contributed by atoms with E-state index in [1.165, 1.54) is 5.56 Å². The fourth-order valence-electron chi connectivity index (χ4n) is 3.49. The minimum atomic E-state index is -0.0942. The molecule has 6 heteroatoms. The molecule has 2 aromatic heterocycles. The van der Waals surface area contributed by atoms with E-state index in [0.717, 1.165) is 48.2 Å². The summed E-state index contributed by atoms with van der Waals surface area (Å²) in [4.78, 5) is 9.08. The Balaban J connectivity index is 1.73. The molecule has 1 aliphatic rings. The Morgan fingerprint density at radius 3 is 2.86 bits per heavy atom. The van der Waals surface area contributed by atoms with Gasteiger partial charge in [0.2, 0.25) is 0 Å². The van der Waals surface area contributed by atoms with Crippen molar-refractivity contribution in [3.05, 3.63) is 71.1 Å². The second kappa shape index (κ2) is 8.59. The first-order chi connectivity index (χ1) is 13.7. The molecule has 3 aromatic rings. The van der Waals surface area contributed by atoms with Gasteiger partial charge < -0.3 is 15.0 Å². The molecule has 4 rings (SSSR count). The van der Waals surface area contributed by atoms with Crippen molar-refractivity contribution in [1.29, 1.82) is 0 Å². The summed E-state index contributed by atoms with van der Waals surface area (Å²) in [5.41, 5.74) is 10.8. The molecule has 0 spiro atoms. The highest BCUT2D eigenvalue weighted by atomic mass is 35.5. The minimum Gasteiger partial charge on any atom is -0.404 e. The molecule has 1 saturated heterocycles. The quantitative estimate of drug-likeness (QED) is 0.506. The Morgan fingerprint density at radius 1 is 1.25 bits per heavy atom. The van der Waals surface area contributed by atoms with Gasteiger partial charge in [-0.2, -0.15) is 0 Å². The van der Waals surface area contributed by atoms with Crippen molar-refractivity contribution in [3.8, 4) is 0 Å². The van der Waals surface area contributed by atoms with Crippen LogP contribution in [0, 0.1) is 0 Å². The number of rotatable bonds is 5. The number of hydrogen-bond acceptors (Lipinski definition) is 4. The zero-order chi connectivity index (χ0) is 19.3. The van der Waals surface area contributed by atoms with Gasteiger partial charge in [0.25, 0.3) is 0 Å². The third kappa shape index (κ3) is 4.11. The molecule has 1 atom stereocenters. The van der Waals surface area contributed by atoms with Crippen LogP contribution in [0.3, 0.4) is 0 Å². The molecule has 2 N–H and O–H groups in total. The topological polar surface area (TPSA) is 65.4 Å². The van der Waals surface area contributed by atoms with Gasteiger partial charge in [-0.15, -0.1) is 0 Å². The van der Waals surface area contributed by atoms with Gasteiger partial charge in [-0.25, -0.2) is 4.98 Å². The van der Waals surface area contributed by atoms with E-state index in [1.807, 2.05) is 42.6 Å². The van der Waals surface area contributed by atoms with E-state index in [-0.39, 0.29) is 6.23 Å². The van der Waals surface area contributed by atoms with Crippen LogP contribution >= 0.6 is 11.6 Å². The van der Waals surface area contributed by atoms with Crippen LogP contribution in [0.15, 0.2) is 59.7 Å². The van der Waals surface area contributed by atoms with E-state index in [4.69, 9.17) is 22.1 Å². The first-order valence-corrected chi connectivity index (χ1v) is 9.89. The molecular weight excluding hydrogens is 372 g/mol. The maximum atomic E-state index is 6.11. The fraction of sp³-hybridized carbons (Fsp3) is 0.273. The van der Waals surface area contributed by atoms with Crippen LogP contribution in [0.2, 0.25) is 5.15 Å². The number of allylic oxidation sites excluding steroid dienone is 1. The number of fused-ring (bicyclic) bond motifs is 1. The lowest BCUT2D eigenvalue weighted by Gasteiger charge is -2.18. The van der Waals surface area contributed by atoms with Crippen molar-refractivity contribution in [2.45, 2.75) is 32.0 Å². The Hall–Kier alpha value is -2.63. The molecule has 0 aliphatic carbocycles. The number of aliphatic imine (C=N–C) groups is 1. The summed E-state index contributed by atoms with van der Waals surface area (Å²) in [7, 11) is 0. The second-order valence-corrected chi connectivity index (χ2v) is 7.25. The van der Waals surface area contributed by atoms with Gasteiger partial charge in [0.05, 0.1) is 16.7 Å². The van der Waals surface area contributed by atoms with Crippen molar-refractivity contribution in [2.24, 2.45) is 10.7 Å². The Bertz CT molecular complexity index is 1000. The van der Waals surface area contributed by atoms with Gasteiger partial charge >= 0.3 is 0 Å². The average molecular weight is 395 g/mol. The number of nitrogens with two attached hydrogens (primary N) is 1. The van der Waals surface area contributed by atoms with Gasteiger partial charge in [-0.05, 0) is 43.0 Å². The third-order valence-corrected chi connectivity index (χ3v) is 5.13. The van der Waals surface area contributed by atoms with Crippen LogP contribution in [0.5, 0.6) is 0 Å². The molecule has 0 bridgehead atoms. The minimum absolute atomic E-state index is 0.0942. The highest BCUT2D eigenvalue weighted by molar-refractivity contribution is 6.29.